The van der Waals surface area contributed by atoms with Gasteiger partial charge in [-0.1, -0.05) is 23.2 Å². The molecular weight excluding hydrogens is 269 g/mol. The molecule has 0 saturated carbocycles. The Labute approximate surface area is 117 Å². The fourth-order valence-corrected chi connectivity index (χ4v) is 2.23. The highest BCUT2D eigenvalue weighted by atomic mass is 35.5. The van der Waals surface area contributed by atoms with Gasteiger partial charge < -0.3 is 9.88 Å². The van der Waals surface area contributed by atoms with Crippen molar-refractivity contribution in [1.82, 2.24) is 14.9 Å². The van der Waals surface area contributed by atoms with E-state index in [0.717, 1.165) is 30.8 Å². The monoisotopic (exact) mass is 283 g/mol. The van der Waals surface area contributed by atoms with Crippen LogP contribution in [0.4, 0.5) is 0 Å². The molecule has 5 heteroatoms. The Hall–Kier alpha value is -1.03. The quantitative estimate of drug-likeness (QED) is 0.852. The molecule has 0 radical (unpaired) electrons. The largest absolute Gasteiger partial charge is 0.331 e. The van der Waals surface area contributed by atoms with Crippen LogP contribution in [-0.2, 0) is 6.54 Å². The van der Waals surface area contributed by atoms with Crippen LogP contribution < -0.4 is 5.32 Å². The van der Waals surface area contributed by atoms with Crippen LogP contribution in [0.2, 0.25) is 10.0 Å². The number of hydrogen-bond acceptors (Lipinski definition) is 2. The van der Waals surface area contributed by atoms with Gasteiger partial charge in [-0.25, -0.2) is 4.98 Å². The normalized spacial score (nSPS) is 10.8. The van der Waals surface area contributed by atoms with Crippen LogP contribution in [0.3, 0.4) is 0 Å². The van der Waals surface area contributed by atoms with Crippen molar-refractivity contribution in [2.75, 3.05) is 13.6 Å². The summed E-state index contributed by atoms with van der Waals surface area (Å²) in [4.78, 5) is 4.19. The third-order valence-corrected chi connectivity index (χ3v) is 3.31. The number of imidazole rings is 1. The topological polar surface area (TPSA) is 29.9 Å². The number of aromatic nitrogens is 2. The second kappa shape index (κ2) is 6.23. The second-order valence-corrected chi connectivity index (χ2v) is 4.90. The molecule has 0 unspecified atom stereocenters. The average molecular weight is 284 g/mol. The SMILES string of the molecule is CNCCCn1cncc1-c1cc(Cl)ccc1Cl. The van der Waals surface area contributed by atoms with E-state index in [1.807, 2.05) is 31.7 Å². The average Bonchev–Trinajstić information content (AvgIpc) is 2.81. The van der Waals surface area contributed by atoms with Crippen molar-refractivity contribution >= 4 is 23.2 Å². The Bertz CT molecular complexity index is 523. The lowest BCUT2D eigenvalue weighted by atomic mass is 10.1. The lowest BCUT2D eigenvalue weighted by molar-refractivity contribution is 0.616. The van der Waals surface area contributed by atoms with Gasteiger partial charge in [0, 0.05) is 17.1 Å². The predicted molar refractivity (Wildman–Crippen MR) is 76.2 cm³/mol. The fraction of sp³-hybridized carbons (Fsp3) is 0.308. The van der Waals surface area contributed by atoms with E-state index in [1.54, 1.807) is 6.07 Å². The summed E-state index contributed by atoms with van der Waals surface area (Å²) >= 11 is 12.2. The second-order valence-electron chi connectivity index (χ2n) is 4.05. The van der Waals surface area contributed by atoms with Gasteiger partial charge in [-0.2, -0.15) is 0 Å². The summed E-state index contributed by atoms with van der Waals surface area (Å²) in [6.07, 6.45) is 4.68. The number of nitrogens with zero attached hydrogens (tertiary/aromatic N) is 2. The molecule has 1 N–H and O–H groups in total. The van der Waals surface area contributed by atoms with E-state index in [9.17, 15) is 0 Å². The summed E-state index contributed by atoms with van der Waals surface area (Å²) in [6, 6.07) is 5.47. The Morgan fingerprint density at radius 2 is 2.17 bits per heavy atom. The molecule has 0 saturated heterocycles. The maximum atomic E-state index is 6.21. The molecule has 0 spiro atoms. The van der Waals surface area contributed by atoms with E-state index in [-0.39, 0.29) is 0 Å². The van der Waals surface area contributed by atoms with Gasteiger partial charge in [-0.15, -0.1) is 0 Å². The number of nitrogens with one attached hydrogen (secondary N) is 1. The standard InChI is InChI=1S/C13H15Cl2N3/c1-16-5-2-6-18-9-17-8-13(18)11-7-10(14)3-4-12(11)15/h3-4,7-9,16H,2,5-6H2,1H3. The number of halogens is 2. The van der Waals surface area contributed by atoms with Crippen molar-refractivity contribution in [1.29, 1.82) is 0 Å². The summed E-state index contributed by atoms with van der Waals surface area (Å²) in [5, 5.41) is 4.50. The first-order chi connectivity index (χ1) is 8.72. The van der Waals surface area contributed by atoms with Gasteiger partial charge >= 0.3 is 0 Å². The minimum Gasteiger partial charge on any atom is -0.331 e. The lowest BCUT2D eigenvalue weighted by Gasteiger charge is -2.09. The zero-order valence-electron chi connectivity index (χ0n) is 10.2. The van der Waals surface area contributed by atoms with Gasteiger partial charge in [0.15, 0.2) is 0 Å². The summed E-state index contributed by atoms with van der Waals surface area (Å²) in [5.74, 6) is 0. The fourth-order valence-electron chi connectivity index (χ4n) is 1.84. The van der Waals surface area contributed by atoms with E-state index in [2.05, 4.69) is 14.9 Å². The highest BCUT2D eigenvalue weighted by Gasteiger charge is 2.09. The van der Waals surface area contributed by atoms with Crippen molar-refractivity contribution in [3.05, 3.63) is 40.8 Å². The molecule has 18 heavy (non-hydrogen) atoms. The Morgan fingerprint density at radius 1 is 1.33 bits per heavy atom. The third kappa shape index (κ3) is 3.05. The minimum absolute atomic E-state index is 0.678. The van der Waals surface area contributed by atoms with E-state index in [0.29, 0.717) is 10.0 Å². The van der Waals surface area contributed by atoms with Gasteiger partial charge in [-0.05, 0) is 38.2 Å². The number of aryl methyl sites for hydroxylation is 1. The number of benzene rings is 1. The molecule has 0 bridgehead atoms. The van der Waals surface area contributed by atoms with Crippen LogP contribution in [0.25, 0.3) is 11.3 Å². The molecule has 1 aromatic heterocycles. The van der Waals surface area contributed by atoms with Crippen molar-refractivity contribution < 1.29 is 0 Å². The molecule has 0 aliphatic carbocycles. The number of hydrogen-bond donors (Lipinski definition) is 1. The van der Waals surface area contributed by atoms with Gasteiger partial charge in [-0.3, -0.25) is 0 Å². The molecule has 0 fully saturated rings. The first-order valence-corrected chi connectivity index (χ1v) is 6.58. The smallest absolute Gasteiger partial charge is 0.0950 e. The van der Waals surface area contributed by atoms with Crippen molar-refractivity contribution in [3.63, 3.8) is 0 Å². The maximum absolute atomic E-state index is 6.21. The Kier molecular flexibility index (Phi) is 4.64. The highest BCUT2D eigenvalue weighted by Crippen LogP contribution is 2.30. The Balaban J connectivity index is 2.27. The van der Waals surface area contributed by atoms with Crippen LogP contribution >= 0.6 is 23.2 Å². The van der Waals surface area contributed by atoms with Crippen LogP contribution in [0.15, 0.2) is 30.7 Å². The molecule has 0 amide bonds. The van der Waals surface area contributed by atoms with Gasteiger partial charge in [0.05, 0.1) is 23.2 Å². The minimum atomic E-state index is 0.678. The molecule has 2 rings (SSSR count). The molecule has 1 aromatic carbocycles. The summed E-state index contributed by atoms with van der Waals surface area (Å²) in [6.45, 7) is 1.87. The molecule has 3 nitrogen and oxygen atoms in total. The van der Waals surface area contributed by atoms with Crippen molar-refractivity contribution in [3.8, 4) is 11.3 Å². The summed E-state index contributed by atoms with van der Waals surface area (Å²) in [7, 11) is 1.95. The highest BCUT2D eigenvalue weighted by molar-refractivity contribution is 6.35. The van der Waals surface area contributed by atoms with E-state index in [4.69, 9.17) is 23.2 Å². The first kappa shape index (κ1) is 13.4. The molecule has 0 atom stereocenters. The molecule has 96 valence electrons. The molecule has 1 heterocycles. The van der Waals surface area contributed by atoms with Crippen LogP contribution in [0, 0.1) is 0 Å². The lowest BCUT2D eigenvalue weighted by Crippen LogP contribution is -2.11. The van der Waals surface area contributed by atoms with Crippen LogP contribution in [0.1, 0.15) is 6.42 Å². The maximum Gasteiger partial charge on any atom is 0.0950 e. The van der Waals surface area contributed by atoms with Gasteiger partial charge in [0.1, 0.15) is 0 Å². The van der Waals surface area contributed by atoms with Crippen molar-refractivity contribution in [2.24, 2.45) is 0 Å². The van der Waals surface area contributed by atoms with Crippen LogP contribution in [-0.4, -0.2) is 23.1 Å². The zero-order chi connectivity index (χ0) is 13.0. The summed E-state index contributed by atoms with van der Waals surface area (Å²) < 4.78 is 2.09. The van der Waals surface area contributed by atoms with Gasteiger partial charge in [0.25, 0.3) is 0 Å². The van der Waals surface area contributed by atoms with Crippen molar-refractivity contribution in [2.45, 2.75) is 13.0 Å². The predicted octanol–water partition coefficient (Wildman–Crippen LogP) is 3.47. The van der Waals surface area contributed by atoms with Crippen LogP contribution in [0.5, 0.6) is 0 Å². The van der Waals surface area contributed by atoms with E-state index in [1.165, 1.54) is 0 Å². The number of rotatable bonds is 5. The third-order valence-electron chi connectivity index (χ3n) is 2.74. The van der Waals surface area contributed by atoms with Gasteiger partial charge in [0.2, 0.25) is 0 Å². The molecule has 2 aromatic rings. The first-order valence-electron chi connectivity index (χ1n) is 5.82. The van der Waals surface area contributed by atoms with E-state index < -0.39 is 0 Å². The van der Waals surface area contributed by atoms with E-state index >= 15 is 0 Å². The molecule has 0 aliphatic heterocycles. The summed E-state index contributed by atoms with van der Waals surface area (Å²) in [5.41, 5.74) is 1.92. The molecular formula is C13H15Cl2N3. The zero-order valence-corrected chi connectivity index (χ0v) is 11.7. The molecule has 0 aliphatic rings. The Morgan fingerprint density at radius 3 is 2.94 bits per heavy atom.